The summed E-state index contributed by atoms with van der Waals surface area (Å²) >= 11 is 0. The van der Waals surface area contributed by atoms with Crippen LogP contribution in [0.15, 0.2) is 0 Å². The van der Waals surface area contributed by atoms with E-state index >= 15 is 0 Å². The molecule has 0 bridgehead atoms. The first-order valence-corrected chi connectivity index (χ1v) is 7.76. The van der Waals surface area contributed by atoms with Crippen molar-refractivity contribution in [1.29, 1.82) is 0 Å². The molecule has 0 saturated heterocycles. The lowest BCUT2D eigenvalue weighted by molar-refractivity contribution is -0.134. The minimum atomic E-state index is -0.385. The average Bonchev–Trinajstić information content (AvgIpc) is 2.42. The minimum Gasteiger partial charge on any atom is -0.391 e. The third-order valence-electron chi connectivity index (χ3n) is 5.15. The Morgan fingerprint density at radius 3 is 2.47 bits per heavy atom. The number of carbonyl (C=O) groups excluding carboxylic acids is 1. The molecule has 110 valence electrons. The van der Waals surface area contributed by atoms with Gasteiger partial charge < -0.3 is 16.2 Å². The van der Waals surface area contributed by atoms with Gasteiger partial charge in [0.25, 0.3) is 0 Å². The van der Waals surface area contributed by atoms with E-state index in [1.165, 1.54) is 0 Å². The molecule has 0 unspecified atom stereocenters. The Bertz CT molecular complexity index is 311. The molecule has 0 aromatic carbocycles. The fourth-order valence-corrected chi connectivity index (χ4v) is 3.44. The SMILES string of the molecule is CC1CCC(CN)(C(=O)N[C@H]2CCCC[C@@H]2O)CC1. The smallest absolute Gasteiger partial charge is 0.227 e. The van der Waals surface area contributed by atoms with Crippen LogP contribution in [0.3, 0.4) is 0 Å². The van der Waals surface area contributed by atoms with Crippen molar-refractivity contribution in [3.63, 3.8) is 0 Å². The largest absolute Gasteiger partial charge is 0.391 e. The number of nitrogens with two attached hydrogens (primary N) is 1. The highest BCUT2D eigenvalue weighted by atomic mass is 16.3. The first kappa shape index (κ1) is 14.8. The highest BCUT2D eigenvalue weighted by molar-refractivity contribution is 5.83. The van der Waals surface area contributed by atoms with Crippen molar-refractivity contribution < 1.29 is 9.90 Å². The molecule has 1 amide bonds. The van der Waals surface area contributed by atoms with Crippen LogP contribution in [0.2, 0.25) is 0 Å². The zero-order valence-corrected chi connectivity index (χ0v) is 12.0. The molecule has 2 aliphatic rings. The number of hydrogen-bond acceptors (Lipinski definition) is 3. The van der Waals surface area contributed by atoms with Crippen LogP contribution in [-0.4, -0.2) is 29.7 Å². The lowest BCUT2D eigenvalue weighted by Crippen LogP contribution is -2.54. The maximum atomic E-state index is 12.6. The Morgan fingerprint density at radius 1 is 1.26 bits per heavy atom. The van der Waals surface area contributed by atoms with Gasteiger partial charge in [0.1, 0.15) is 0 Å². The van der Waals surface area contributed by atoms with Crippen LogP contribution in [-0.2, 0) is 4.79 Å². The number of amides is 1. The Kier molecular flexibility index (Phi) is 4.85. The molecule has 4 heteroatoms. The Labute approximate surface area is 116 Å². The Morgan fingerprint density at radius 2 is 1.89 bits per heavy atom. The Balaban J connectivity index is 1.96. The molecule has 2 aliphatic carbocycles. The molecule has 0 aliphatic heterocycles. The first-order chi connectivity index (χ1) is 9.07. The van der Waals surface area contributed by atoms with E-state index in [0.29, 0.717) is 12.5 Å². The van der Waals surface area contributed by atoms with E-state index in [1.54, 1.807) is 0 Å². The molecule has 2 atom stereocenters. The predicted octanol–water partition coefficient (Wildman–Crippen LogP) is 1.56. The van der Waals surface area contributed by atoms with Gasteiger partial charge in [-0.15, -0.1) is 0 Å². The topological polar surface area (TPSA) is 75.4 Å². The van der Waals surface area contributed by atoms with E-state index in [-0.39, 0.29) is 23.5 Å². The molecule has 0 spiro atoms. The summed E-state index contributed by atoms with van der Waals surface area (Å²) in [5.74, 6) is 0.778. The maximum absolute atomic E-state index is 12.6. The van der Waals surface area contributed by atoms with E-state index < -0.39 is 0 Å². The predicted molar refractivity (Wildman–Crippen MR) is 75.5 cm³/mol. The second-order valence-corrected chi connectivity index (χ2v) is 6.60. The van der Waals surface area contributed by atoms with Crippen molar-refractivity contribution in [3.8, 4) is 0 Å². The van der Waals surface area contributed by atoms with Gasteiger partial charge in [0.15, 0.2) is 0 Å². The van der Waals surface area contributed by atoms with E-state index in [9.17, 15) is 9.90 Å². The molecule has 19 heavy (non-hydrogen) atoms. The lowest BCUT2D eigenvalue weighted by Gasteiger charge is -2.39. The molecule has 4 nitrogen and oxygen atoms in total. The molecule has 2 rings (SSSR count). The average molecular weight is 268 g/mol. The van der Waals surface area contributed by atoms with Gasteiger partial charge >= 0.3 is 0 Å². The van der Waals surface area contributed by atoms with Gasteiger partial charge in [-0.1, -0.05) is 19.8 Å². The van der Waals surface area contributed by atoms with Crippen molar-refractivity contribution in [1.82, 2.24) is 5.32 Å². The van der Waals surface area contributed by atoms with Crippen LogP contribution in [0.1, 0.15) is 58.3 Å². The number of rotatable bonds is 3. The van der Waals surface area contributed by atoms with E-state index in [4.69, 9.17) is 5.73 Å². The van der Waals surface area contributed by atoms with Gasteiger partial charge in [0, 0.05) is 6.54 Å². The summed E-state index contributed by atoms with van der Waals surface area (Å²) in [6, 6.07) is -0.0657. The normalized spacial score (nSPS) is 39.8. The molecule has 0 heterocycles. The summed E-state index contributed by atoms with van der Waals surface area (Å²) in [7, 11) is 0. The van der Waals surface area contributed by atoms with Crippen molar-refractivity contribution in [2.75, 3.05) is 6.54 Å². The minimum absolute atomic E-state index is 0.0657. The van der Waals surface area contributed by atoms with Gasteiger partial charge in [-0.2, -0.15) is 0 Å². The second kappa shape index (κ2) is 6.23. The lowest BCUT2D eigenvalue weighted by atomic mass is 9.70. The van der Waals surface area contributed by atoms with Crippen LogP contribution in [0, 0.1) is 11.3 Å². The maximum Gasteiger partial charge on any atom is 0.227 e. The fraction of sp³-hybridized carbons (Fsp3) is 0.933. The summed E-state index contributed by atoms with van der Waals surface area (Å²) in [5, 5.41) is 13.0. The molecule has 4 N–H and O–H groups in total. The van der Waals surface area contributed by atoms with Gasteiger partial charge in [-0.05, 0) is 44.4 Å². The number of aliphatic hydroxyl groups excluding tert-OH is 1. The molecule has 2 fully saturated rings. The highest BCUT2D eigenvalue weighted by Crippen LogP contribution is 2.38. The van der Waals surface area contributed by atoms with Crippen LogP contribution < -0.4 is 11.1 Å². The molecular formula is C15H28N2O2. The number of hydrogen-bond donors (Lipinski definition) is 3. The zero-order chi connectivity index (χ0) is 13.9. The van der Waals surface area contributed by atoms with E-state index in [1.807, 2.05) is 0 Å². The standard InChI is InChI=1S/C15H28N2O2/c1-11-6-8-15(10-16,9-7-11)14(19)17-12-4-2-3-5-13(12)18/h11-13,18H,2-10,16H2,1H3,(H,17,19)/t11?,12-,13-,15?/m0/s1. The summed E-state index contributed by atoms with van der Waals surface area (Å²) in [6.07, 6.45) is 7.41. The van der Waals surface area contributed by atoms with Crippen LogP contribution in [0.25, 0.3) is 0 Å². The van der Waals surface area contributed by atoms with Crippen molar-refractivity contribution in [3.05, 3.63) is 0 Å². The van der Waals surface area contributed by atoms with E-state index in [2.05, 4.69) is 12.2 Å². The van der Waals surface area contributed by atoms with Crippen molar-refractivity contribution in [2.24, 2.45) is 17.1 Å². The highest BCUT2D eigenvalue weighted by Gasteiger charge is 2.41. The van der Waals surface area contributed by atoms with Gasteiger partial charge in [-0.3, -0.25) is 4.79 Å². The van der Waals surface area contributed by atoms with Crippen molar-refractivity contribution >= 4 is 5.91 Å². The molecule has 2 saturated carbocycles. The van der Waals surface area contributed by atoms with E-state index in [0.717, 1.165) is 51.4 Å². The van der Waals surface area contributed by atoms with Crippen LogP contribution in [0.4, 0.5) is 0 Å². The van der Waals surface area contributed by atoms with Crippen molar-refractivity contribution in [2.45, 2.75) is 70.4 Å². The third kappa shape index (κ3) is 3.29. The van der Waals surface area contributed by atoms with Gasteiger partial charge in [0.05, 0.1) is 17.6 Å². The second-order valence-electron chi connectivity index (χ2n) is 6.60. The number of carbonyl (C=O) groups is 1. The fourth-order valence-electron chi connectivity index (χ4n) is 3.44. The number of nitrogens with one attached hydrogen (secondary N) is 1. The summed E-state index contributed by atoms with van der Waals surface area (Å²) < 4.78 is 0. The molecule has 0 aromatic heterocycles. The zero-order valence-electron chi connectivity index (χ0n) is 12.0. The van der Waals surface area contributed by atoms with Gasteiger partial charge in [0.2, 0.25) is 5.91 Å². The van der Waals surface area contributed by atoms with Crippen LogP contribution in [0.5, 0.6) is 0 Å². The number of aliphatic hydroxyl groups is 1. The molecule has 0 aromatic rings. The summed E-state index contributed by atoms with van der Waals surface area (Å²) in [5.41, 5.74) is 5.52. The third-order valence-corrected chi connectivity index (χ3v) is 5.15. The summed E-state index contributed by atoms with van der Waals surface area (Å²) in [4.78, 5) is 12.6. The first-order valence-electron chi connectivity index (χ1n) is 7.76. The Hall–Kier alpha value is -0.610. The quantitative estimate of drug-likeness (QED) is 0.727. The molecule has 0 radical (unpaired) electrons. The molecular weight excluding hydrogens is 240 g/mol. The van der Waals surface area contributed by atoms with Gasteiger partial charge in [-0.25, -0.2) is 0 Å². The van der Waals surface area contributed by atoms with Crippen LogP contribution >= 0.6 is 0 Å². The monoisotopic (exact) mass is 268 g/mol. The summed E-state index contributed by atoms with van der Waals surface area (Å²) in [6.45, 7) is 2.66.